The van der Waals surface area contributed by atoms with Gasteiger partial charge in [0.05, 0.1) is 16.6 Å². The minimum atomic E-state index is -0.169. The third-order valence-electron chi connectivity index (χ3n) is 3.71. The number of fused-ring (bicyclic) bond motifs is 1. The molecule has 3 rings (SSSR count). The van der Waals surface area contributed by atoms with E-state index in [1.807, 2.05) is 24.3 Å². The first-order chi connectivity index (χ1) is 8.75. The molecule has 4 nitrogen and oxygen atoms in total. The van der Waals surface area contributed by atoms with Crippen LogP contribution in [0.3, 0.4) is 0 Å². The van der Waals surface area contributed by atoms with Crippen LogP contribution in [0.4, 0.5) is 0 Å². The van der Waals surface area contributed by atoms with Crippen LogP contribution in [0.5, 0.6) is 6.01 Å². The number of benzene rings is 1. The van der Waals surface area contributed by atoms with E-state index in [1.54, 1.807) is 0 Å². The second kappa shape index (κ2) is 4.61. The highest BCUT2D eigenvalue weighted by Crippen LogP contribution is 2.26. The van der Waals surface area contributed by atoms with Crippen molar-refractivity contribution in [2.45, 2.75) is 37.6 Å². The van der Waals surface area contributed by atoms with Crippen LogP contribution in [0, 0.1) is 0 Å². The zero-order chi connectivity index (χ0) is 12.4. The Kier molecular flexibility index (Phi) is 2.96. The summed E-state index contributed by atoms with van der Waals surface area (Å²) in [5.74, 6) is 0. The quantitative estimate of drug-likeness (QED) is 0.873. The molecule has 0 unspecified atom stereocenters. The minimum Gasteiger partial charge on any atom is -0.463 e. The van der Waals surface area contributed by atoms with Crippen LogP contribution in [0.1, 0.15) is 32.1 Å². The van der Waals surface area contributed by atoms with Gasteiger partial charge in [0.25, 0.3) is 6.01 Å². The number of aromatic amines is 1. The third-order valence-corrected chi connectivity index (χ3v) is 3.71. The number of H-pyrrole nitrogens is 1. The summed E-state index contributed by atoms with van der Waals surface area (Å²) < 4.78 is 5.74. The molecule has 4 heteroatoms. The van der Waals surface area contributed by atoms with Crippen molar-refractivity contribution in [3.8, 4) is 6.01 Å². The normalized spacial score (nSPS) is 18.9. The molecule has 0 atom stereocenters. The zero-order valence-corrected chi connectivity index (χ0v) is 10.5. The maximum atomic E-state index is 6.33. The topological polar surface area (TPSA) is 63.9 Å². The van der Waals surface area contributed by atoms with Gasteiger partial charge in [-0.05, 0) is 25.0 Å². The predicted molar refractivity (Wildman–Crippen MR) is 71.6 cm³/mol. The molecule has 2 aromatic rings. The summed E-state index contributed by atoms with van der Waals surface area (Å²) in [5.41, 5.74) is 8.10. The van der Waals surface area contributed by atoms with Crippen molar-refractivity contribution in [2.24, 2.45) is 5.73 Å². The summed E-state index contributed by atoms with van der Waals surface area (Å²) in [7, 11) is 0. The highest BCUT2D eigenvalue weighted by Gasteiger charge is 2.28. The van der Waals surface area contributed by atoms with Crippen molar-refractivity contribution < 1.29 is 4.74 Å². The lowest BCUT2D eigenvalue weighted by atomic mass is 9.83. The number of rotatable bonds is 3. The summed E-state index contributed by atoms with van der Waals surface area (Å²) in [6.07, 6.45) is 5.81. The highest BCUT2D eigenvalue weighted by atomic mass is 16.5. The monoisotopic (exact) mass is 245 g/mol. The molecular formula is C14H19N3O. The lowest BCUT2D eigenvalue weighted by molar-refractivity contribution is 0.165. The fourth-order valence-corrected chi connectivity index (χ4v) is 2.61. The third kappa shape index (κ3) is 2.34. The summed E-state index contributed by atoms with van der Waals surface area (Å²) in [6, 6.07) is 8.49. The summed E-state index contributed by atoms with van der Waals surface area (Å²) in [6.45, 7) is 0.548. The molecule has 0 spiro atoms. The molecule has 18 heavy (non-hydrogen) atoms. The molecule has 0 aliphatic heterocycles. The average molecular weight is 245 g/mol. The number of nitrogens with two attached hydrogens (primary N) is 1. The Morgan fingerprint density at radius 2 is 2.00 bits per heavy atom. The molecule has 0 amide bonds. The van der Waals surface area contributed by atoms with Gasteiger partial charge in [-0.1, -0.05) is 31.4 Å². The van der Waals surface area contributed by atoms with Crippen LogP contribution in [-0.2, 0) is 0 Å². The lowest BCUT2D eigenvalue weighted by Crippen LogP contribution is -2.47. The van der Waals surface area contributed by atoms with E-state index in [0.29, 0.717) is 12.6 Å². The second-order valence-electron chi connectivity index (χ2n) is 5.27. The van der Waals surface area contributed by atoms with Gasteiger partial charge in [-0.25, -0.2) is 0 Å². The zero-order valence-electron chi connectivity index (χ0n) is 10.5. The number of aromatic nitrogens is 2. The van der Waals surface area contributed by atoms with E-state index in [4.69, 9.17) is 10.5 Å². The van der Waals surface area contributed by atoms with E-state index in [-0.39, 0.29) is 5.54 Å². The number of hydrogen-bond acceptors (Lipinski definition) is 3. The van der Waals surface area contributed by atoms with Crippen LogP contribution in [-0.4, -0.2) is 22.1 Å². The molecule has 1 saturated carbocycles. The molecule has 3 N–H and O–H groups in total. The van der Waals surface area contributed by atoms with Gasteiger partial charge >= 0.3 is 0 Å². The molecule has 1 fully saturated rings. The van der Waals surface area contributed by atoms with Gasteiger partial charge in [0.15, 0.2) is 0 Å². The molecule has 0 saturated heterocycles. The van der Waals surface area contributed by atoms with Gasteiger partial charge in [-0.3, -0.25) is 0 Å². The first-order valence-corrected chi connectivity index (χ1v) is 6.62. The Hall–Kier alpha value is -1.55. The molecule has 1 aliphatic carbocycles. The number of ether oxygens (including phenoxy) is 1. The Balaban J connectivity index is 1.69. The van der Waals surface area contributed by atoms with E-state index in [1.165, 1.54) is 19.3 Å². The van der Waals surface area contributed by atoms with Crippen LogP contribution in [0.25, 0.3) is 11.0 Å². The fourth-order valence-electron chi connectivity index (χ4n) is 2.61. The predicted octanol–water partition coefficient (Wildman–Crippen LogP) is 2.60. The molecule has 96 valence electrons. The largest absolute Gasteiger partial charge is 0.463 e. The first kappa shape index (κ1) is 11.5. The van der Waals surface area contributed by atoms with Gasteiger partial charge in [-0.15, -0.1) is 0 Å². The van der Waals surface area contributed by atoms with E-state index < -0.39 is 0 Å². The van der Waals surface area contributed by atoms with Crippen LogP contribution in [0.15, 0.2) is 24.3 Å². The minimum absolute atomic E-state index is 0.169. The van der Waals surface area contributed by atoms with E-state index in [2.05, 4.69) is 9.97 Å². The molecule has 1 aromatic carbocycles. The van der Waals surface area contributed by atoms with Crippen molar-refractivity contribution in [3.63, 3.8) is 0 Å². The van der Waals surface area contributed by atoms with Gasteiger partial charge in [0.1, 0.15) is 6.61 Å². The summed E-state index contributed by atoms with van der Waals surface area (Å²) >= 11 is 0. The van der Waals surface area contributed by atoms with E-state index >= 15 is 0 Å². The Labute approximate surface area is 107 Å². The van der Waals surface area contributed by atoms with Crippen molar-refractivity contribution >= 4 is 11.0 Å². The van der Waals surface area contributed by atoms with Crippen LogP contribution < -0.4 is 10.5 Å². The van der Waals surface area contributed by atoms with Crippen molar-refractivity contribution in [3.05, 3.63) is 24.3 Å². The van der Waals surface area contributed by atoms with Gasteiger partial charge < -0.3 is 15.5 Å². The molecule has 1 aromatic heterocycles. The number of imidazole rings is 1. The fraction of sp³-hybridized carbons (Fsp3) is 0.500. The van der Waals surface area contributed by atoms with Crippen LogP contribution in [0.2, 0.25) is 0 Å². The summed E-state index contributed by atoms with van der Waals surface area (Å²) in [5, 5.41) is 0. The lowest BCUT2D eigenvalue weighted by Gasteiger charge is -2.32. The average Bonchev–Trinajstić information content (AvgIpc) is 2.80. The molecule has 1 aliphatic rings. The molecular weight excluding hydrogens is 226 g/mol. The smallest absolute Gasteiger partial charge is 0.294 e. The SMILES string of the molecule is NC1(COc2nc3ccccc3[nH]2)CCCCC1. The molecule has 0 radical (unpaired) electrons. The van der Waals surface area contributed by atoms with Gasteiger partial charge in [0, 0.05) is 0 Å². The second-order valence-corrected chi connectivity index (χ2v) is 5.27. The Morgan fingerprint density at radius 3 is 2.78 bits per heavy atom. The maximum Gasteiger partial charge on any atom is 0.294 e. The number of para-hydroxylation sites is 2. The van der Waals surface area contributed by atoms with E-state index in [9.17, 15) is 0 Å². The highest BCUT2D eigenvalue weighted by molar-refractivity contribution is 5.75. The molecule has 1 heterocycles. The van der Waals surface area contributed by atoms with Crippen LogP contribution >= 0.6 is 0 Å². The summed E-state index contributed by atoms with van der Waals surface area (Å²) in [4.78, 5) is 7.56. The first-order valence-electron chi connectivity index (χ1n) is 6.62. The van der Waals surface area contributed by atoms with Crippen molar-refractivity contribution in [1.82, 2.24) is 9.97 Å². The van der Waals surface area contributed by atoms with Gasteiger partial charge in [0.2, 0.25) is 0 Å². The molecule has 0 bridgehead atoms. The van der Waals surface area contributed by atoms with E-state index in [0.717, 1.165) is 23.9 Å². The number of nitrogens with zero attached hydrogens (tertiary/aromatic N) is 1. The number of hydrogen-bond donors (Lipinski definition) is 2. The maximum absolute atomic E-state index is 6.33. The standard InChI is InChI=1S/C14H19N3O/c15-14(8-4-1-5-9-14)10-18-13-16-11-6-2-3-7-12(11)17-13/h2-3,6-7H,1,4-5,8-10,15H2,(H,16,17). The van der Waals surface area contributed by atoms with Crippen molar-refractivity contribution in [1.29, 1.82) is 0 Å². The van der Waals surface area contributed by atoms with Gasteiger partial charge in [-0.2, -0.15) is 4.98 Å². The Bertz CT molecular complexity index is 496. The Morgan fingerprint density at radius 1 is 1.22 bits per heavy atom. The number of nitrogens with one attached hydrogen (secondary N) is 1. The van der Waals surface area contributed by atoms with Crippen molar-refractivity contribution in [2.75, 3.05) is 6.61 Å².